The number of Topliss-reactive ketones (excluding diaryl/α,β-unsaturated/α-hetero) is 1. The van der Waals surface area contributed by atoms with Crippen LogP contribution in [0.25, 0.3) is 0 Å². The lowest BCUT2D eigenvalue weighted by Gasteiger charge is -2.27. The number of carbonyl (C=O) groups is 2. The maximum absolute atomic E-state index is 13.2. The second kappa shape index (κ2) is 10.1. The summed E-state index contributed by atoms with van der Waals surface area (Å²) in [7, 11) is 0. The molecule has 0 saturated carbocycles. The van der Waals surface area contributed by atoms with Crippen LogP contribution in [-0.2, 0) is 20.9 Å². The van der Waals surface area contributed by atoms with Crippen LogP contribution in [0.2, 0.25) is 0 Å². The van der Waals surface area contributed by atoms with Crippen molar-refractivity contribution in [1.82, 2.24) is 0 Å². The average Bonchev–Trinajstić information content (AvgIpc) is 3.19. The van der Waals surface area contributed by atoms with Crippen LogP contribution in [0.1, 0.15) is 62.6 Å². The Labute approximate surface area is 187 Å². The van der Waals surface area contributed by atoms with Crippen LogP contribution in [0.3, 0.4) is 0 Å². The van der Waals surface area contributed by atoms with Crippen molar-refractivity contribution >= 4 is 11.8 Å². The maximum atomic E-state index is 13.2. The van der Waals surface area contributed by atoms with Gasteiger partial charge in [0.15, 0.2) is 0 Å². The van der Waals surface area contributed by atoms with Crippen LogP contribution in [0.5, 0.6) is 5.75 Å². The summed E-state index contributed by atoms with van der Waals surface area (Å²) in [6.07, 6.45) is 2.56. The van der Waals surface area contributed by atoms with Crippen LogP contribution in [0.15, 0.2) is 51.9 Å². The zero-order valence-electron chi connectivity index (χ0n) is 18.8. The van der Waals surface area contributed by atoms with Gasteiger partial charge >= 0.3 is 5.97 Å². The summed E-state index contributed by atoms with van der Waals surface area (Å²) in [6, 6.07) is 10.6. The Morgan fingerprint density at radius 2 is 1.88 bits per heavy atom. The SMILES string of the molecule is CC(C)(C)OC(=O)CCC1(CC(=O)c2occc(=O)c2OCc2ccccc2)CCOC1. The van der Waals surface area contributed by atoms with Crippen LogP contribution in [0, 0.1) is 5.41 Å². The molecule has 32 heavy (non-hydrogen) atoms. The Morgan fingerprint density at radius 3 is 2.53 bits per heavy atom. The second-order valence-electron chi connectivity index (χ2n) is 9.21. The smallest absolute Gasteiger partial charge is 0.306 e. The standard InChI is InChI=1S/C25H30O7/c1-24(2,3)32-21(28)9-11-25(12-14-29-17-25)15-20(27)23-22(19(26)10-13-30-23)31-16-18-7-5-4-6-8-18/h4-8,10,13H,9,11-12,14-17H2,1-3H3. The molecule has 7 heteroatoms. The predicted molar refractivity (Wildman–Crippen MR) is 118 cm³/mol. The highest BCUT2D eigenvalue weighted by Gasteiger charge is 2.39. The van der Waals surface area contributed by atoms with Crippen molar-refractivity contribution in [2.24, 2.45) is 5.41 Å². The number of hydrogen-bond donors (Lipinski definition) is 0. The zero-order chi connectivity index (χ0) is 23.2. The Bertz CT molecular complexity index is 979. The summed E-state index contributed by atoms with van der Waals surface area (Å²) in [6.45, 7) is 6.46. The van der Waals surface area contributed by atoms with Crippen molar-refractivity contribution in [3.8, 4) is 5.75 Å². The lowest BCUT2D eigenvalue weighted by molar-refractivity contribution is -0.155. The molecule has 172 valence electrons. The van der Waals surface area contributed by atoms with Crippen LogP contribution in [0.4, 0.5) is 0 Å². The minimum Gasteiger partial charge on any atom is -0.481 e. The Hall–Kier alpha value is -2.93. The number of esters is 1. The Kier molecular flexibility index (Phi) is 7.51. The summed E-state index contributed by atoms with van der Waals surface area (Å²) in [5, 5.41) is 0. The van der Waals surface area contributed by atoms with Crippen molar-refractivity contribution in [3.05, 3.63) is 64.2 Å². The van der Waals surface area contributed by atoms with Gasteiger partial charge in [-0.05, 0) is 39.2 Å². The molecule has 1 fully saturated rings. The van der Waals surface area contributed by atoms with Crippen molar-refractivity contribution in [1.29, 1.82) is 0 Å². The Balaban J connectivity index is 1.72. The van der Waals surface area contributed by atoms with Crippen molar-refractivity contribution < 1.29 is 28.2 Å². The van der Waals surface area contributed by atoms with E-state index < -0.39 is 16.4 Å². The molecule has 3 rings (SSSR count). The molecule has 1 atom stereocenters. The molecule has 1 aliphatic heterocycles. The van der Waals surface area contributed by atoms with E-state index in [1.165, 1.54) is 12.3 Å². The minimum absolute atomic E-state index is 0.0877. The van der Waals surface area contributed by atoms with Gasteiger partial charge in [-0.25, -0.2) is 0 Å². The average molecular weight is 443 g/mol. The molecule has 0 bridgehead atoms. The number of rotatable bonds is 9. The molecule has 2 aromatic rings. The van der Waals surface area contributed by atoms with E-state index in [0.29, 0.717) is 26.1 Å². The number of ether oxygens (including phenoxy) is 3. The second-order valence-corrected chi connectivity index (χ2v) is 9.21. The van der Waals surface area contributed by atoms with E-state index >= 15 is 0 Å². The topological polar surface area (TPSA) is 92.0 Å². The van der Waals surface area contributed by atoms with Gasteiger partial charge in [0.2, 0.25) is 22.7 Å². The summed E-state index contributed by atoms with van der Waals surface area (Å²) < 4.78 is 22.1. The van der Waals surface area contributed by atoms with Gasteiger partial charge < -0.3 is 18.6 Å². The van der Waals surface area contributed by atoms with Gasteiger partial charge in [-0.3, -0.25) is 14.4 Å². The highest BCUT2D eigenvalue weighted by Crippen LogP contribution is 2.39. The van der Waals surface area contributed by atoms with Gasteiger partial charge in [-0.15, -0.1) is 0 Å². The normalized spacial score (nSPS) is 18.3. The zero-order valence-corrected chi connectivity index (χ0v) is 18.8. The van der Waals surface area contributed by atoms with E-state index in [1.807, 2.05) is 51.1 Å². The van der Waals surface area contributed by atoms with Crippen LogP contribution >= 0.6 is 0 Å². The molecule has 0 N–H and O–H groups in total. The van der Waals surface area contributed by atoms with E-state index in [4.69, 9.17) is 18.6 Å². The number of carbonyl (C=O) groups excluding carboxylic acids is 2. The van der Waals surface area contributed by atoms with Gasteiger partial charge in [-0.2, -0.15) is 0 Å². The molecule has 0 aliphatic carbocycles. The third kappa shape index (κ3) is 6.53. The number of benzene rings is 1. The summed E-state index contributed by atoms with van der Waals surface area (Å²) >= 11 is 0. The van der Waals surface area contributed by atoms with Gasteiger partial charge in [-0.1, -0.05) is 30.3 Å². The predicted octanol–water partition coefficient (Wildman–Crippen LogP) is 4.32. The minimum atomic E-state index is -0.565. The van der Waals surface area contributed by atoms with Crippen LogP contribution < -0.4 is 10.2 Å². The fourth-order valence-electron chi connectivity index (χ4n) is 3.72. The lowest BCUT2D eigenvalue weighted by atomic mass is 9.77. The molecule has 7 nitrogen and oxygen atoms in total. The molecule has 0 spiro atoms. The Morgan fingerprint density at radius 1 is 1.12 bits per heavy atom. The van der Waals surface area contributed by atoms with Crippen molar-refractivity contribution in [3.63, 3.8) is 0 Å². The highest BCUT2D eigenvalue weighted by molar-refractivity contribution is 5.96. The largest absolute Gasteiger partial charge is 0.481 e. The van der Waals surface area contributed by atoms with E-state index in [1.54, 1.807) is 0 Å². The molecule has 1 aromatic heterocycles. The molecule has 0 amide bonds. The van der Waals surface area contributed by atoms with Crippen molar-refractivity contribution in [2.45, 2.75) is 58.7 Å². The molecule has 0 radical (unpaired) electrons. The van der Waals surface area contributed by atoms with E-state index in [9.17, 15) is 14.4 Å². The first-order valence-electron chi connectivity index (χ1n) is 10.8. The number of hydrogen-bond acceptors (Lipinski definition) is 7. The first-order chi connectivity index (χ1) is 15.2. The van der Waals surface area contributed by atoms with Crippen molar-refractivity contribution in [2.75, 3.05) is 13.2 Å². The molecule has 1 aliphatic rings. The molecule has 1 saturated heterocycles. The maximum Gasteiger partial charge on any atom is 0.306 e. The van der Waals surface area contributed by atoms with E-state index in [2.05, 4.69) is 0 Å². The molecule has 2 heterocycles. The summed E-state index contributed by atoms with van der Waals surface area (Å²) in [4.78, 5) is 37.8. The van der Waals surface area contributed by atoms with Gasteiger partial charge in [0.1, 0.15) is 12.2 Å². The first kappa shape index (κ1) is 23.7. The first-order valence-corrected chi connectivity index (χ1v) is 10.8. The van der Waals surface area contributed by atoms with E-state index in [-0.39, 0.29) is 42.7 Å². The molecule has 1 unspecified atom stereocenters. The molecule has 1 aromatic carbocycles. The third-order valence-corrected chi connectivity index (χ3v) is 5.31. The fourth-order valence-corrected chi connectivity index (χ4v) is 3.72. The van der Waals surface area contributed by atoms with E-state index in [0.717, 1.165) is 5.56 Å². The van der Waals surface area contributed by atoms with Gasteiger partial charge in [0.25, 0.3) is 0 Å². The monoisotopic (exact) mass is 442 g/mol. The highest BCUT2D eigenvalue weighted by atomic mass is 16.6. The van der Waals surface area contributed by atoms with Gasteiger partial charge in [0.05, 0.1) is 12.9 Å². The summed E-state index contributed by atoms with van der Waals surface area (Å²) in [5.41, 5.74) is -0.628. The molecular weight excluding hydrogens is 412 g/mol. The quantitative estimate of drug-likeness (QED) is 0.422. The third-order valence-electron chi connectivity index (χ3n) is 5.31. The fraction of sp³-hybridized carbons (Fsp3) is 0.480. The van der Waals surface area contributed by atoms with Crippen LogP contribution in [-0.4, -0.2) is 30.6 Å². The molecular formula is C25H30O7. The lowest BCUT2D eigenvalue weighted by Crippen LogP contribution is -2.29. The summed E-state index contributed by atoms with van der Waals surface area (Å²) in [5.74, 6) is -0.852. The number of ketones is 1. The van der Waals surface area contributed by atoms with Gasteiger partial charge in [0, 0.05) is 30.9 Å².